The Morgan fingerprint density at radius 2 is 1.91 bits per heavy atom. The zero-order chi connectivity index (χ0) is 16.1. The molecule has 5 nitrogen and oxygen atoms in total. The number of benzene rings is 2. The molecule has 1 aliphatic heterocycles. The van der Waals surface area contributed by atoms with Gasteiger partial charge in [-0.2, -0.15) is 0 Å². The lowest BCUT2D eigenvalue weighted by Crippen LogP contribution is -2.26. The lowest BCUT2D eigenvalue weighted by atomic mass is 10.3. The summed E-state index contributed by atoms with van der Waals surface area (Å²) in [5.74, 6) is 2.49. The third-order valence-corrected chi connectivity index (χ3v) is 4.44. The van der Waals surface area contributed by atoms with Gasteiger partial charge < -0.3 is 20.1 Å². The van der Waals surface area contributed by atoms with Gasteiger partial charge in [-0.3, -0.25) is 4.99 Å². The van der Waals surface area contributed by atoms with Crippen LogP contribution < -0.4 is 20.1 Å². The van der Waals surface area contributed by atoms with Gasteiger partial charge in [0.2, 0.25) is 0 Å². The number of rotatable bonds is 5. The topological polar surface area (TPSA) is 54.9 Å². The number of ether oxygens (including phenoxy) is 2. The number of nitrogens with zero attached hydrogens (tertiary/aromatic N) is 1. The van der Waals surface area contributed by atoms with E-state index in [0.717, 1.165) is 46.0 Å². The maximum absolute atomic E-state index is 5.42. The molecule has 0 spiro atoms. The van der Waals surface area contributed by atoms with Crippen molar-refractivity contribution in [1.29, 1.82) is 0 Å². The first-order chi connectivity index (χ1) is 11.3. The molecule has 0 unspecified atom stereocenters. The molecule has 0 aromatic heterocycles. The molecule has 0 aliphatic carbocycles. The number of nitrogens with one attached hydrogen (secondary N) is 2. The molecule has 0 amide bonds. The zero-order valence-electron chi connectivity index (χ0n) is 13.1. The number of hydrogen-bond donors (Lipinski definition) is 2. The molecule has 0 saturated heterocycles. The zero-order valence-corrected chi connectivity index (χ0v) is 13.9. The fourth-order valence-electron chi connectivity index (χ4n) is 2.22. The molecular weight excluding hydrogens is 310 g/mol. The molecule has 0 atom stereocenters. The highest BCUT2D eigenvalue weighted by Crippen LogP contribution is 2.37. The smallest absolute Gasteiger partial charge is 0.195 e. The summed E-state index contributed by atoms with van der Waals surface area (Å²) < 4.78 is 10.7. The standard InChI is InChI=1S/C17H19N3O2S/c1-21-13-5-8-15(22-2)16(11-13)23-14-6-3-12(4-7-14)20-17-18-9-10-19-17/h3-8,11H,9-10H2,1-2H3,(H2,18,19,20). The Morgan fingerprint density at radius 3 is 2.57 bits per heavy atom. The van der Waals surface area contributed by atoms with Crippen molar-refractivity contribution in [2.75, 3.05) is 32.6 Å². The Hall–Kier alpha value is -2.34. The van der Waals surface area contributed by atoms with E-state index in [-0.39, 0.29) is 0 Å². The number of aliphatic imine (C=N–C) groups is 1. The summed E-state index contributed by atoms with van der Waals surface area (Å²) in [5, 5.41) is 6.45. The second kappa shape index (κ2) is 7.28. The lowest BCUT2D eigenvalue weighted by Gasteiger charge is -2.11. The molecule has 6 heteroatoms. The van der Waals surface area contributed by atoms with Gasteiger partial charge in [-0.1, -0.05) is 11.8 Å². The van der Waals surface area contributed by atoms with Gasteiger partial charge in [0.05, 0.1) is 25.7 Å². The van der Waals surface area contributed by atoms with Crippen molar-refractivity contribution in [3.05, 3.63) is 42.5 Å². The number of methoxy groups -OCH3 is 2. The van der Waals surface area contributed by atoms with Crippen LogP contribution >= 0.6 is 11.8 Å². The Balaban J connectivity index is 1.72. The van der Waals surface area contributed by atoms with E-state index in [4.69, 9.17) is 9.47 Å². The van der Waals surface area contributed by atoms with Crippen LogP contribution in [0.3, 0.4) is 0 Å². The molecule has 1 aliphatic rings. The average Bonchev–Trinajstić information content (AvgIpc) is 3.09. The maximum atomic E-state index is 5.42. The molecule has 0 fully saturated rings. The lowest BCUT2D eigenvalue weighted by molar-refractivity contribution is 0.394. The first-order valence-corrected chi connectivity index (χ1v) is 8.15. The molecule has 0 bridgehead atoms. The molecule has 2 aromatic rings. The van der Waals surface area contributed by atoms with E-state index in [0.29, 0.717) is 0 Å². The molecule has 0 saturated carbocycles. The van der Waals surface area contributed by atoms with E-state index in [9.17, 15) is 0 Å². The highest BCUT2D eigenvalue weighted by Gasteiger charge is 2.08. The fraction of sp³-hybridized carbons (Fsp3) is 0.235. The van der Waals surface area contributed by atoms with Gasteiger partial charge >= 0.3 is 0 Å². The number of anilines is 1. The largest absolute Gasteiger partial charge is 0.497 e. The van der Waals surface area contributed by atoms with Crippen LogP contribution in [0.5, 0.6) is 11.5 Å². The van der Waals surface area contributed by atoms with Crippen LogP contribution in [-0.2, 0) is 0 Å². The van der Waals surface area contributed by atoms with Crippen molar-refractivity contribution >= 4 is 23.4 Å². The van der Waals surface area contributed by atoms with E-state index < -0.39 is 0 Å². The van der Waals surface area contributed by atoms with Crippen LogP contribution in [0.25, 0.3) is 0 Å². The molecule has 3 rings (SSSR count). The fourth-order valence-corrected chi connectivity index (χ4v) is 3.17. The van der Waals surface area contributed by atoms with E-state index in [2.05, 4.69) is 27.8 Å². The minimum absolute atomic E-state index is 0.817. The Bertz CT molecular complexity index is 701. The summed E-state index contributed by atoms with van der Waals surface area (Å²) in [4.78, 5) is 6.47. The van der Waals surface area contributed by atoms with Gasteiger partial charge in [-0.15, -0.1) is 0 Å². The monoisotopic (exact) mass is 329 g/mol. The second-order valence-corrected chi connectivity index (χ2v) is 6.04. The van der Waals surface area contributed by atoms with Crippen LogP contribution in [-0.4, -0.2) is 33.3 Å². The highest BCUT2D eigenvalue weighted by molar-refractivity contribution is 7.99. The molecule has 120 valence electrons. The van der Waals surface area contributed by atoms with Crippen molar-refractivity contribution in [1.82, 2.24) is 5.32 Å². The van der Waals surface area contributed by atoms with Crippen LogP contribution in [0.4, 0.5) is 5.69 Å². The predicted octanol–water partition coefficient (Wildman–Crippen LogP) is 3.23. The van der Waals surface area contributed by atoms with Crippen molar-refractivity contribution < 1.29 is 9.47 Å². The van der Waals surface area contributed by atoms with Gasteiger partial charge in [0, 0.05) is 17.1 Å². The molecule has 0 radical (unpaired) electrons. The van der Waals surface area contributed by atoms with Gasteiger partial charge in [-0.05, 0) is 42.5 Å². The normalized spacial score (nSPS) is 13.2. The van der Waals surface area contributed by atoms with Gasteiger partial charge in [0.15, 0.2) is 5.96 Å². The van der Waals surface area contributed by atoms with Crippen molar-refractivity contribution in [2.24, 2.45) is 4.99 Å². The third-order valence-electron chi connectivity index (χ3n) is 3.39. The highest BCUT2D eigenvalue weighted by atomic mass is 32.2. The van der Waals surface area contributed by atoms with Crippen molar-refractivity contribution in [3.63, 3.8) is 0 Å². The minimum atomic E-state index is 0.817. The van der Waals surface area contributed by atoms with Crippen LogP contribution in [0, 0.1) is 0 Å². The van der Waals surface area contributed by atoms with E-state index in [1.54, 1.807) is 26.0 Å². The van der Waals surface area contributed by atoms with Crippen LogP contribution in [0.2, 0.25) is 0 Å². The number of guanidine groups is 1. The summed E-state index contributed by atoms with van der Waals surface area (Å²) in [6.07, 6.45) is 0. The molecule has 1 heterocycles. The average molecular weight is 329 g/mol. The Kier molecular flexibility index (Phi) is 4.92. The summed E-state index contributed by atoms with van der Waals surface area (Å²) >= 11 is 1.64. The van der Waals surface area contributed by atoms with E-state index >= 15 is 0 Å². The number of hydrogen-bond acceptors (Lipinski definition) is 6. The SMILES string of the molecule is COc1ccc(OC)c(Sc2ccc(NC3=NCCN3)cc2)c1. The van der Waals surface area contributed by atoms with Gasteiger partial charge in [0.1, 0.15) is 11.5 Å². The quantitative estimate of drug-likeness (QED) is 0.882. The van der Waals surface area contributed by atoms with E-state index in [1.165, 1.54) is 0 Å². The van der Waals surface area contributed by atoms with Crippen LogP contribution in [0.15, 0.2) is 57.2 Å². The molecule has 2 N–H and O–H groups in total. The second-order valence-electron chi connectivity index (χ2n) is 4.93. The van der Waals surface area contributed by atoms with Crippen molar-refractivity contribution in [3.8, 4) is 11.5 Å². The first-order valence-electron chi connectivity index (χ1n) is 7.34. The molecule has 23 heavy (non-hydrogen) atoms. The first kappa shape index (κ1) is 15.6. The third kappa shape index (κ3) is 3.90. The Morgan fingerprint density at radius 1 is 1.09 bits per heavy atom. The van der Waals surface area contributed by atoms with Crippen molar-refractivity contribution in [2.45, 2.75) is 9.79 Å². The predicted molar refractivity (Wildman–Crippen MR) is 94.0 cm³/mol. The molecule has 2 aromatic carbocycles. The maximum Gasteiger partial charge on any atom is 0.195 e. The van der Waals surface area contributed by atoms with Gasteiger partial charge in [0.25, 0.3) is 0 Å². The molecular formula is C17H19N3O2S. The summed E-state index contributed by atoms with van der Waals surface area (Å²) in [7, 11) is 3.34. The van der Waals surface area contributed by atoms with Crippen LogP contribution in [0.1, 0.15) is 0 Å². The van der Waals surface area contributed by atoms with E-state index in [1.807, 2.05) is 30.3 Å². The summed E-state index contributed by atoms with van der Waals surface area (Å²) in [6.45, 7) is 1.72. The summed E-state index contributed by atoms with van der Waals surface area (Å²) in [6, 6.07) is 14.0. The van der Waals surface area contributed by atoms with Gasteiger partial charge in [-0.25, -0.2) is 0 Å². The minimum Gasteiger partial charge on any atom is -0.497 e. The Labute approximate surface area is 140 Å². The summed E-state index contributed by atoms with van der Waals surface area (Å²) in [5.41, 5.74) is 1.01.